The second kappa shape index (κ2) is 33.0. The number of hydrogen-bond donors (Lipinski definition) is 3. The molecule has 0 spiro atoms. The number of unbranched alkanes of at least 4 members (excludes halogenated alkanes) is 9. The zero-order valence-corrected chi connectivity index (χ0v) is 30.4. The molecule has 274 valence electrons. The van der Waals surface area contributed by atoms with Gasteiger partial charge in [0.05, 0.1) is 12.7 Å². The van der Waals surface area contributed by atoms with E-state index >= 15 is 0 Å². The van der Waals surface area contributed by atoms with Crippen LogP contribution in [0.5, 0.6) is 0 Å². The Hall–Kier alpha value is -2.55. The van der Waals surface area contributed by atoms with Gasteiger partial charge in [-0.1, -0.05) is 145 Å². The fourth-order valence-corrected chi connectivity index (χ4v) is 4.78. The van der Waals surface area contributed by atoms with Gasteiger partial charge in [0.15, 0.2) is 6.10 Å². The summed E-state index contributed by atoms with van der Waals surface area (Å²) in [6.45, 7) is 3.39. The lowest BCUT2D eigenvalue weighted by molar-refractivity contribution is -0.161. The summed E-state index contributed by atoms with van der Waals surface area (Å²) >= 11 is 0. The van der Waals surface area contributed by atoms with E-state index in [-0.39, 0.29) is 19.4 Å². The molecule has 0 aliphatic rings. The van der Waals surface area contributed by atoms with Gasteiger partial charge >= 0.3 is 19.8 Å². The van der Waals surface area contributed by atoms with Gasteiger partial charge in [-0.25, -0.2) is 4.57 Å². The van der Waals surface area contributed by atoms with Crippen molar-refractivity contribution in [1.82, 2.24) is 0 Å². The Morgan fingerprint density at radius 1 is 0.667 bits per heavy atom. The van der Waals surface area contributed by atoms with Gasteiger partial charge in [-0.2, -0.15) is 0 Å². The van der Waals surface area contributed by atoms with Crippen LogP contribution in [0.15, 0.2) is 72.9 Å². The molecule has 0 radical (unpaired) electrons. The van der Waals surface area contributed by atoms with E-state index in [0.29, 0.717) is 25.7 Å². The first kappa shape index (κ1) is 45.5. The van der Waals surface area contributed by atoms with Crippen LogP contribution in [0.1, 0.15) is 129 Å². The summed E-state index contributed by atoms with van der Waals surface area (Å²) in [4.78, 5) is 42.5. The van der Waals surface area contributed by atoms with Crippen molar-refractivity contribution in [1.29, 1.82) is 0 Å². The molecule has 0 fully saturated rings. The van der Waals surface area contributed by atoms with Gasteiger partial charge in [-0.15, -0.1) is 0 Å². The molecule has 9 nitrogen and oxygen atoms in total. The molecule has 0 aliphatic heterocycles. The molecule has 0 bridgehead atoms. The quantitative estimate of drug-likeness (QED) is 0.0213. The summed E-state index contributed by atoms with van der Waals surface area (Å²) in [5, 5.41) is 9.95. The molecule has 0 amide bonds. The standard InChI is InChI=1S/C38H63O9P/c1-3-5-7-9-11-12-16-20-24-28-32-38(41)47-36(34-46-48(42,43)44)33-45-37(40)31-27-23-19-17-14-13-15-18-22-26-30-35(39)29-25-21-10-8-6-4-2/h6,8,13-14,18-19,21-23,25-26,30,35-36,39H,3-5,7,9-12,15-17,20,24,27-29,31-34H2,1-2H3,(H2,42,43,44)/b8-6-,14-13-,22-18-,23-19-,25-21-,30-26+/t35?,36-/m1/s1. The number of phosphoric acid groups is 1. The Morgan fingerprint density at radius 3 is 1.90 bits per heavy atom. The maximum absolute atomic E-state index is 12.3. The molecule has 0 rings (SSSR count). The molecule has 0 aromatic rings. The van der Waals surface area contributed by atoms with E-state index < -0.39 is 38.6 Å². The average Bonchev–Trinajstić information content (AvgIpc) is 3.04. The molecule has 10 heteroatoms. The Bertz CT molecular complexity index is 1020. The van der Waals surface area contributed by atoms with E-state index in [9.17, 15) is 19.3 Å². The van der Waals surface area contributed by atoms with E-state index in [1.54, 1.807) is 6.08 Å². The van der Waals surface area contributed by atoms with E-state index in [0.717, 1.165) is 38.5 Å². The molecule has 0 saturated heterocycles. The Morgan fingerprint density at radius 2 is 1.25 bits per heavy atom. The number of allylic oxidation sites excluding steroid dienone is 10. The first-order valence-corrected chi connectivity index (χ1v) is 19.4. The average molecular weight is 695 g/mol. The molecule has 0 aliphatic carbocycles. The van der Waals surface area contributed by atoms with E-state index in [4.69, 9.17) is 19.3 Å². The highest BCUT2D eigenvalue weighted by Crippen LogP contribution is 2.35. The molecule has 0 aromatic heterocycles. The third-order valence-corrected chi connectivity index (χ3v) is 7.57. The maximum Gasteiger partial charge on any atom is 0.469 e. The fraction of sp³-hybridized carbons (Fsp3) is 0.632. The first-order valence-electron chi connectivity index (χ1n) is 17.8. The lowest BCUT2D eigenvalue weighted by Gasteiger charge is -2.18. The van der Waals surface area contributed by atoms with Crippen LogP contribution in [0.3, 0.4) is 0 Å². The molecule has 1 unspecified atom stereocenters. The molecular formula is C38H63O9P. The second-order valence-corrected chi connectivity index (χ2v) is 12.9. The number of carbonyl (C=O) groups is 2. The summed E-state index contributed by atoms with van der Waals surface area (Å²) in [5.41, 5.74) is 0. The van der Waals surface area contributed by atoms with Crippen LogP contribution in [0.25, 0.3) is 0 Å². The molecule has 0 heterocycles. The van der Waals surface area contributed by atoms with Gasteiger partial charge in [0.1, 0.15) is 6.61 Å². The molecular weight excluding hydrogens is 631 g/mol. The lowest BCUT2D eigenvalue weighted by atomic mass is 10.1. The highest BCUT2D eigenvalue weighted by Gasteiger charge is 2.22. The number of carbonyl (C=O) groups excluding carboxylic acids is 2. The molecule has 3 N–H and O–H groups in total. The predicted molar refractivity (Wildman–Crippen MR) is 194 cm³/mol. The van der Waals surface area contributed by atoms with Crippen molar-refractivity contribution in [3.05, 3.63) is 72.9 Å². The van der Waals surface area contributed by atoms with Crippen molar-refractivity contribution in [3.63, 3.8) is 0 Å². The van der Waals surface area contributed by atoms with Crippen molar-refractivity contribution >= 4 is 19.8 Å². The lowest BCUT2D eigenvalue weighted by Crippen LogP contribution is -2.29. The van der Waals surface area contributed by atoms with Crippen LogP contribution in [-0.4, -0.2) is 52.3 Å². The minimum absolute atomic E-state index is 0.117. The van der Waals surface area contributed by atoms with Crippen molar-refractivity contribution in [2.75, 3.05) is 13.2 Å². The summed E-state index contributed by atoms with van der Waals surface area (Å²) in [5.74, 6) is -1.02. The molecule has 48 heavy (non-hydrogen) atoms. The summed E-state index contributed by atoms with van der Waals surface area (Å²) in [6, 6.07) is 0. The normalized spacial score (nSPS) is 14.0. The van der Waals surface area contributed by atoms with Gasteiger partial charge in [-0.05, 0) is 44.9 Å². The SMILES string of the molecule is CC/C=C\C/C=C\CC(O)/C=C/C=C\C/C=C\C/C=C\CCC(=O)OC[C@H](COP(=O)(O)O)OC(=O)CCCCCCCCCCCC. The van der Waals surface area contributed by atoms with E-state index in [2.05, 4.69) is 36.6 Å². The van der Waals surface area contributed by atoms with Gasteiger partial charge in [-0.3, -0.25) is 14.1 Å². The van der Waals surface area contributed by atoms with Crippen molar-refractivity contribution < 1.29 is 43.0 Å². The van der Waals surface area contributed by atoms with Crippen LogP contribution in [0.4, 0.5) is 0 Å². The number of rotatable bonds is 31. The third kappa shape index (κ3) is 34.8. The summed E-state index contributed by atoms with van der Waals surface area (Å²) in [6.07, 6.45) is 38.1. The largest absolute Gasteiger partial charge is 0.469 e. The van der Waals surface area contributed by atoms with Gasteiger partial charge in [0, 0.05) is 12.8 Å². The molecule has 0 saturated carbocycles. The van der Waals surface area contributed by atoms with Crippen LogP contribution < -0.4 is 0 Å². The maximum atomic E-state index is 12.3. The molecule has 0 aromatic carbocycles. The Balaban J connectivity index is 4.20. The monoisotopic (exact) mass is 694 g/mol. The van der Waals surface area contributed by atoms with Crippen LogP contribution in [0, 0.1) is 0 Å². The Kier molecular flexibility index (Phi) is 31.2. The molecule has 2 atom stereocenters. The fourth-order valence-electron chi connectivity index (χ4n) is 4.42. The first-order chi connectivity index (χ1) is 23.2. The van der Waals surface area contributed by atoms with Gasteiger partial charge in [0.2, 0.25) is 0 Å². The van der Waals surface area contributed by atoms with Crippen molar-refractivity contribution in [3.8, 4) is 0 Å². The summed E-state index contributed by atoms with van der Waals surface area (Å²) in [7, 11) is -4.77. The minimum Gasteiger partial charge on any atom is -0.462 e. The van der Waals surface area contributed by atoms with Crippen LogP contribution in [0.2, 0.25) is 0 Å². The van der Waals surface area contributed by atoms with Gasteiger partial charge < -0.3 is 24.4 Å². The zero-order chi connectivity index (χ0) is 35.6. The highest BCUT2D eigenvalue weighted by atomic mass is 31.2. The van der Waals surface area contributed by atoms with Crippen molar-refractivity contribution in [2.45, 2.75) is 142 Å². The number of aliphatic hydroxyl groups is 1. The number of hydrogen-bond acceptors (Lipinski definition) is 7. The number of esters is 2. The van der Waals surface area contributed by atoms with Gasteiger partial charge in [0.25, 0.3) is 0 Å². The minimum atomic E-state index is -4.77. The number of phosphoric ester groups is 1. The van der Waals surface area contributed by atoms with E-state index in [1.165, 1.54) is 38.5 Å². The zero-order valence-electron chi connectivity index (χ0n) is 29.5. The van der Waals surface area contributed by atoms with E-state index in [1.807, 2.05) is 48.6 Å². The third-order valence-electron chi connectivity index (χ3n) is 7.08. The highest BCUT2D eigenvalue weighted by molar-refractivity contribution is 7.46. The predicted octanol–water partition coefficient (Wildman–Crippen LogP) is 9.31. The second-order valence-electron chi connectivity index (χ2n) is 11.7. The smallest absolute Gasteiger partial charge is 0.462 e. The Labute approximate surface area is 290 Å². The topological polar surface area (TPSA) is 140 Å². The van der Waals surface area contributed by atoms with Crippen LogP contribution in [-0.2, 0) is 28.2 Å². The van der Waals surface area contributed by atoms with Crippen molar-refractivity contribution in [2.24, 2.45) is 0 Å². The number of aliphatic hydroxyl groups excluding tert-OH is 1. The van der Waals surface area contributed by atoms with Crippen LogP contribution >= 0.6 is 7.82 Å². The number of ether oxygens (including phenoxy) is 2. The summed E-state index contributed by atoms with van der Waals surface area (Å²) < 4.78 is 26.1.